The number of piperidine rings is 1. The second-order valence-electron chi connectivity index (χ2n) is 7.67. The molecule has 0 aliphatic carbocycles. The molecule has 0 bridgehead atoms. The summed E-state index contributed by atoms with van der Waals surface area (Å²) < 4.78 is 10.8. The summed E-state index contributed by atoms with van der Waals surface area (Å²) in [7, 11) is 0. The molecule has 0 unspecified atom stereocenters. The Morgan fingerprint density at radius 2 is 2.17 bits per heavy atom. The van der Waals surface area contributed by atoms with Crippen LogP contribution in [-0.2, 0) is 17.8 Å². The molecule has 8 heteroatoms. The average molecular weight is 425 g/mol. The summed E-state index contributed by atoms with van der Waals surface area (Å²) >= 11 is 1.72. The van der Waals surface area contributed by atoms with Crippen molar-refractivity contribution in [2.24, 2.45) is 5.92 Å². The molecule has 0 spiro atoms. The number of thiophene rings is 1. The van der Waals surface area contributed by atoms with E-state index in [0.717, 1.165) is 58.9 Å². The molecule has 30 heavy (non-hydrogen) atoms. The van der Waals surface area contributed by atoms with Gasteiger partial charge >= 0.3 is 0 Å². The molecule has 5 rings (SSSR count). The predicted octanol–water partition coefficient (Wildman–Crippen LogP) is 3.52. The number of nitrogens with zero attached hydrogens (tertiary/aromatic N) is 3. The van der Waals surface area contributed by atoms with E-state index in [0.29, 0.717) is 13.1 Å². The predicted molar refractivity (Wildman–Crippen MR) is 116 cm³/mol. The van der Waals surface area contributed by atoms with Gasteiger partial charge < -0.3 is 19.7 Å². The lowest BCUT2D eigenvalue weighted by Crippen LogP contribution is -2.43. The van der Waals surface area contributed by atoms with Crippen LogP contribution < -0.4 is 19.7 Å². The standard InChI is InChI=1S/C22H24N4O3S/c1-2-16-9-17-20(24-12-25-22(17)30-16)26-7-3-4-15(11-26)21(27)23-10-14-5-6-18-19(8-14)29-13-28-18/h5-6,8-9,12,15H,2-4,7,10-11,13H2,1H3,(H,23,27)/t15-/m0/s1. The molecule has 4 heterocycles. The molecule has 2 aliphatic rings. The van der Waals surface area contributed by atoms with Crippen LogP contribution in [0.25, 0.3) is 10.2 Å². The van der Waals surface area contributed by atoms with Gasteiger partial charge in [-0.15, -0.1) is 11.3 Å². The molecule has 1 saturated heterocycles. The number of hydrogen-bond donors (Lipinski definition) is 1. The molecule has 1 amide bonds. The Kier molecular flexibility index (Phi) is 5.16. The summed E-state index contributed by atoms with van der Waals surface area (Å²) in [5.74, 6) is 2.47. The molecule has 1 fully saturated rings. The number of ether oxygens (including phenoxy) is 2. The molecule has 0 radical (unpaired) electrons. The van der Waals surface area contributed by atoms with E-state index >= 15 is 0 Å². The third kappa shape index (κ3) is 3.67. The smallest absolute Gasteiger partial charge is 0.231 e. The Balaban J connectivity index is 1.26. The lowest BCUT2D eigenvalue weighted by atomic mass is 9.97. The normalized spacial score (nSPS) is 18.0. The molecule has 2 aromatic heterocycles. The van der Waals surface area contributed by atoms with Crippen molar-refractivity contribution >= 4 is 33.3 Å². The van der Waals surface area contributed by atoms with E-state index in [2.05, 4.69) is 33.2 Å². The number of anilines is 1. The molecular formula is C22H24N4O3S. The first-order valence-electron chi connectivity index (χ1n) is 10.4. The summed E-state index contributed by atoms with van der Waals surface area (Å²) in [6, 6.07) is 7.96. The number of carbonyl (C=O) groups is 1. The van der Waals surface area contributed by atoms with Gasteiger partial charge in [0.15, 0.2) is 11.5 Å². The van der Waals surface area contributed by atoms with E-state index in [1.165, 1.54) is 4.88 Å². The van der Waals surface area contributed by atoms with Crippen LogP contribution in [0.4, 0.5) is 5.82 Å². The Morgan fingerprint density at radius 1 is 1.27 bits per heavy atom. The minimum Gasteiger partial charge on any atom is -0.454 e. The van der Waals surface area contributed by atoms with Gasteiger partial charge in [0.1, 0.15) is 17.0 Å². The van der Waals surface area contributed by atoms with Crippen molar-refractivity contribution < 1.29 is 14.3 Å². The van der Waals surface area contributed by atoms with E-state index in [9.17, 15) is 4.79 Å². The number of benzene rings is 1. The summed E-state index contributed by atoms with van der Waals surface area (Å²) in [5, 5.41) is 4.19. The van der Waals surface area contributed by atoms with Gasteiger partial charge in [0.25, 0.3) is 0 Å². The highest BCUT2D eigenvalue weighted by atomic mass is 32.1. The maximum Gasteiger partial charge on any atom is 0.231 e. The molecule has 0 saturated carbocycles. The van der Waals surface area contributed by atoms with Crippen molar-refractivity contribution in [1.82, 2.24) is 15.3 Å². The molecule has 7 nitrogen and oxygen atoms in total. The first-order valence-corrected chi connectivity index (χ1v) is 11.2. The fraction of sp³-hybridized carbons (Fsp3) is 0.409. The highest BCUT2D eigenvalue weighted by molar-refractivity contribution is 7.18. The third-order valence-corrected chi connectivity index (χ3v) is 6.89. The number of aryl methyl sites for hydroxylation is 1. The zero-order valence-electron chi connectivity index (χ0n) is 16.9. The third-order valence-electron chi connectivity index (χ3n) is 5.70. The maximum atomic E-state index is 12.9. The lowest BCUT2D eigenvalue weighted by molar-refractivity contribution is -0.125. The van der Waals surface area contributed by atoms with Gasteiger partial charge in [-0.3, -0.25) is 4.79 Å². The van der Waals surface area contributed by atoms with Gasteiger partial charge in [-0.2, -0.15) is 0 Å². The lowest BCUT2D eigenvalue weighted by Gasteiger charge is -2.33. The first kappa shape index (κ1) is 19.1. The van der Waals surface area contributed by atoms with Crippen LogP contribution in [-0.4, -0.2) is 35.8 Å². The molecule has 1 N–H and O–H groups in total. The number of aromatic nitrogens is 2. The van der Waals surface area contributed by atoms with Gasteiger partial charge in [-0.25, -0.2) is 9.97 Å². The number of amides is 1. The molecule has 3 aromatic rings. The quantitative estimate of drug-likeness (QED) is 0.675. The molecule has 156 valence electrons. The van der Waals surface area contributed by atoms with E-state index in [1.807, 2.05) is 18.2 Å². The molecule has 1 aromatic carbocycles. The van der Waals surface area contributed by atoms with Gasteiger partial charge in [-0.1, -0.05) is 13.0 Å². The Morgan fingerprint density at radius 3 is 3.07 bits per heavy atom. The highest BCUT2D eigenvalue weighted by Crippen LogP contribution is 2.33. The SMILES string of the molecule is CCc1cc2c(N3CCC[C@H](C(=O)NCc4ccc5c(c4)OCO5)C3)ncnc2s1. The van der Waals surface area contributed by atoms with Gasteiger partial charge in [0.05, 0.1) is 11.3 Å². The van der Waals surface area contributed by atoms with Gasteiger partial charge in [-0.05, 0) is 43.0 Å². The molecular weight excluding hydrogens is 400 g/mol. The van der Waals surface area contributed by atoms with Crippen molar-refractivity contribution in [3.63, 3.8) is 0 Å². The van der Waals surface area contributed by atoms with Crippen LogP contribution in [0.3, 0.4) is 0 Å². The van der Waals surface area contributed by atoms with Crippen molar-refractivity contribution in [1.29, 1.82) is 0 Å². The van der Waals surface area contributed by atoms with E-state index in [-0.39, 0.29) is 18.6 Å². The van der Waals surface area contributed by atoms with Crippen LogP contribution in [0.2, 0.25) is 0 Å². The zero-order valence-corrected chi connectivity index (χ0v) is 17.7. The monoisotopic (exact) mass is 424 g/mol. The highest BCUT2D eigenvalue weighted by Gasteiger charge is 2.28. The van der Waals surface area contributed by atoms with Crippen LogP contribution in [0.5, 0.6) is 11.5 Å². The number of nitrogens with one attached hydrogen (secondary N) is 1. The Labute approximate surface area is 179 Å². The largest absolute Gasteiger partial charge is 0.454 e. The second kappa shape index (κ2) is 8.10. The van der Waals surface area contributed by atoms with Crippen molar-refractivity contribution in [3.05, 3.63) is 41.0 Å². The van der Waals surface area contributed by atoms with Crippen LogP contribution in [0.1, 0.15) is 30.2 Å². The minimum atomic E-state index is -0.0537. The summed E-state index contributed by atoms with van der Waals surface area (Å²) in [6.45, 7) is 4.47. The fourth-order valence-corrected chi connectivity index (χ4v) is 5.02. The molecule has 1 atom stereocenters. The van der Waals surface area contributed by atoms with Crippen molar-refractivity contribution in [3.8, 4) is 11.5 Å². The van der Waals surface area contributed by atoms with E-state index in [1.54, 1.807) is 17.7 Å². The van der Waals surface area contributed by atoms with Crippen LogP contribution in [0, 0.1) is 5.92 Å². The summed E-state index contributed by atoms with van der Waals surface area (Å²) in [6.07, 6.45) is 4.49. The van der Waals surface area contributed by atoms with Crippen molar-refractivity contribution in [2.45, 2.75) is 32.7 Å². The number of hydrogen-bond acceptors (Lipinski definition) is 7. The number of fused-ring (bicyclic) bond motifs is 2. The topological polar surface area (TPSA) is 76.6 Å². The average Bonchev–Trinajstić information content (AvgIpc) is 3.43. The number of rotatable bonds is 5. The summed E-state index contributed by atoms with van der Waals surface area (Å²) in [5.41, 5.74) is 1.00. The van der Waals surface area contributed by atoms with Gasteiger partial charge in [0, 0.05) is 24.5 Å². The van der Waals surface area contributed by atoms with E-state index in [4.69, 9.17) is 9.47 Å². The van der Waals surface area contributed by atoms with Crippen molar-refractivity contribution in [2.75, 3.05) is 24.8 Å². The van der Waals surface area contributed by atoms with Crippen LogP contribution in [0.15, 0.2) is 30.6 Å². The zero-order chi connectivity index (χ0) is 20.5. The minimum absolute atomic E-state index is 0.0537. The number of carbonyl (C=O) groups excluding carboxylic acids is 1. The second-order valence-corrected chi connectivity index (χ2v) is 8.79. The van der Waals surface area contributed by atoms with E-state index < -0.39 is 0 Å². The van der Waals surface area contributed by atoms with Gasteiger partial charge in [0.2, 0.25) is 12.7 Å². The molecule has 2 aliphatic heterocycles. The maximum absolute atomic E-state index is 12.9. The first-order chi connectivity index (χ1) is 14.7. The summed E-state index contributed by atoms with van der Waals surface area (Å²) in [4.78, 5) is 26.4. The Hall–Kier alpha value is -2.87. The fourth-order valence-electron chi connectivity index (χ4n) is 4.09. The Bertz CT molecular complexity index is 1080. The van der Waals surface area contributed by atoms with Crippen LogP contribution >= 0.6 is 11.3 Å².